The number of aromatic nitrogens is 2. The van der Waals surface area contributed by atoms with Gasteiger partial charge >= 0.3 is 0 Å². The zero-order valence-electron chi connectivity index (χ0n) is 8.51. The van der Waals surface area contributed by atoms with Gasteiger partial charge in [-0.15, -0.1) is 22.7 Å². The highest BCUT2D eigenvalue weighted by Gasteiger charge is 2.08. The van der Waals surface area contributed by atoms with Gasteiger partial charge in [-0.05, 0) is 6.42 Å². The second-order valence-electron chi connectivity index (χ2n) is 3.39. The van der Waals surface area contributed by atoms with Crippen LogP contribution >= 0.6 is 22.7 Å². The van der Waals surface area contributed by atoms with E-state index >= 15 is 0 Å². The summed E-state index contributed by atoms with van der Waals surface area (Å²) in [5.74, 6) is 0. The first-order valence-electron chi connectivity index (χ1n) is 4.88. The molecule has 80 valence electrons. The Bertz CT molecular complexity index is 408. The van der Waals surface area contributed by atoms with Gasteiger partial charge in [-0.2, -0.15) is 0 Å². The lowest BCUT2D eigenvalue weighted by molar-refractivity contribution is 0.639. The number of nitrogens with two attached hydrogens (primary N) is 1. The predicted molar refractivity (Wildman–Crippen MR) is 65.2 cm³/mol. The van der Waals surface area contributed by atoms with Crippen LogP contribution in [-0.2, 0) is 6.42 Å². The quantitative estimate of drug-likeness (QED) is 0.892. The van der Waals surface area contributed by atoms with Crippen LogP contribution in [0.15, 0.2) is 16.3 Å². The SMILES string of the molecule is CCC(N)Cc1csc(-c2cscn2)n1. The lowest BCUT2D eigenvalue weighted by Crippen LogP contribution is -2.21. The second-order valence-corrected chi connectivity index (χ2v) is 4.97. The van der Waals surface area contributed by atoms with Crippen LogP contribution in [0.4, 0.5) is 0 Å². The van der Waals surface area contributed by atoms with Crippen molar-refractivity contribution in [1.29, 1.82) is 0 Å². The van der Waals surface area contributed by atoms with E-state index in [1.807, 2.05) is 10.9 Å². The van der Waals surface area contributed by atoms with Gasteiger partial charge in [0.15, 0.2) is 0 Å². The van der Waals surface area contributed by atoms with Crippen LogP contribution in [0.25, 0.3) is 10.7 Å². The summed E-state index contributed by atoms with van der Waals surface area (Å²) in [4.78, 5) is 8.76. The molecular weight excluding hydrogens is 226 g/mol. The number of thiazole rings is 2. The lowest BCUT2D eigenvalue weighted by Gasteiger charge is -2.04. The Morgan fingerprint density at radius 3 is 3.00 bits per heavy atom. The molecule has 2 rings (SSSR count). The average Bonchev–Trinajstić information content (AvgIpc) is 2.85. The third kappa shape index (κ3) is 2.62. The highest BCUT2D eigenvalue weighted by molar-refractivity contribution is 7.13. The molecule has 0 fully saturated rings. The van der Waals surface area contributed by atoms with E-state index in [0.717, 1.165) is 29.2 Å². The molecule has 2 aromatic heterocycles. The minimum absolute atomic E-state index is 0.218. The summed E-state index contributed by atoms with van der Waals surface area (Å²) in [6.07, 6.45) is 1.85. The van der Waals surface area contributed by atoms with Crippen LogP contribution in [0.3, 0.4) is 0 Å². The van der Waals surface area contributed by atoms with Gasteiger partial charge in [0.2, 0.25) is 0 Å². The van der Waals surface area contributed by atoms with Gasteiger partial charge < -0.3 is 5.73 Å². The number of hydrogen-bond acceptors (Lipinski definition) is 5. The summed E-state index contributed by atoms with van der Waals surface area (Å²) in [6, 6.07) is 0.218. The standard InChI is InChI=1S/C10H13N3S2/c1-2-7(11)3-8-4-15-10(13-8)9-5-14-6-12-9/h4-7H,2-3,11H2,1H3. The zero-order chi connectivity index (χ0) is 10.7. The van der Waals surface area contributed by atoms with Crippen LogP contribution in [0.1, 0.15) is 19.0 Å². The Balaban J connectivity index is 2.11. The molecule has 2 N–H and O–H groups in total. The maximum Gasteiger partial charge on any atom is 0.142 e. The van der Waals surface area contributed by atoms with E-state index in [-0.39, 0.29) is 6.04 Å². The van der Waals surface area contributed by atoms with Gasteiger partial charge in [-0.1, -0.05) is 6.92 Å². The van der Waals surface area contributed by atoms with Crippen molar-refractivity contribution in [3.8, 4) is 10.7 Å². The highest BCUT2D eigenvalue weighted by Crippen LogP contribution is 2.23. The largest absolute Gasteiger partial charge is 0.327 e. The van der Waals surface area contributed by atoms with Crippen molar-refractivity contribution in [3.63, 3.8) is 0 Å². The molecular formula is C10H13N3S2. The molecule has 0 aliphatic heterocycles. The Hall–Kier alpha value is -0.780. The summed E-state index contributed by atoms with van der Waals surface area (Å²) >= 11 is 3.23. The third-order valence-electron chi connectivity index (χ3n) is 2.20. The fraction of sp³-hybridized carbons (Fsp3) is 0.400. The van der Waals surface area contributed by atoms with Crippen molar-refractivity contribution in [3.05, 3.63) is 22.0 Å². The average molecular weight is 239 g/mol. The predicted octanol–water partition coefficient (Wildman–Crippen LogP) is 2.55. The van der Waals surface area contributed by atoms with E-state index in [9.17, 15) is 0 Å². The highest BCUT2D eigenvalue weighted by atomic mass is 32.1. The fourth-order valence-corrected chi connectivity index (χ4v) is 2.66. The monoisotopic (exact) mass is 239 g/mol. The molecule has 1 unspecified atom stereocenters. The van der Waals surface area contributed by atoms with Crippen LogP contribution in [0.5, 0.6) is 0 Å². The van der Waals surface area contributed by atoms with Crippen molar-refractivity contribution in [2.45, 2.75) is 25.8 Å². The molecule has 0 aliphatic carbocycles. The number of hydrogen-bond donors (Lipinski definition) is 1. The number of nitrogens with zero attached hydrogens (tertiary/aromatic N) is 2. The molecule has 0 aromatic carbocycles. The first kappa shape index (κ1) is 10.7. The van der Waals surface area contributed by atoms with Crippen LogP contribution in [0, 0.1) is 0 Å². The van der Waals surface area contributed by atoms with Gasteiger partial charge in [-0.25, -0.2) is 9.97 Å². The van der Waals surface area contributed by atoms with Crippen molar-refractivity contribution >= 4 is 22.7 Å². The summed E-state index contributed by atoms with van der Waals surface area (Å²) < 4.78 is 0. The van der Waals surface area contributed by atoms with Crippen molar-refractivity contribution in [2.75, 3.05) is 0 Å². The van der Waals surface area contributed by atoms with Gasteiger partial charge in [0.05, 0.1) is 11.2 Å². The Morgan fingerprint density at radius 2 is 2.33 bits per heavy atom. The summed E-state index contributed by atoms with van der Waals surface area (Å²) in [7, 11) is 0. The molecule has 5 heteroatoms. The Kier molecular flexibility index (Phi) is 3.45. The van der Waals surface area contributed by atoms with Gasteiger partial charge in [-0.3, -0.25) is 0 Å². The van der Waals surface area contributed by atoms with Gasteiger partial charge in [0.1, 0.15) is 10.7 Å². The first-order chi connectivity index (χ1) is 7.29. The van der Waals surface area contributed by atoms with Crippen molar-refractivity contribution in [2.24, 2.45) is 5.73 Å². The maximum absolute atomic E-state index is 5.88. The molecule has 0 amide bonds. The second kappa shape index (κ2) is 4.83. The molecule has 0 saturated heterocycles. The molecule has 2 heterocycles. The lowest BCUT2D eigenvalue weighted by atomic mass is 10.1. The Labute approximate surface area is 97.0 Å². The molecule has 0 bridgehead atoms. The van der Waals surface area contributed by atoms with E-state index < -0.39 is 0 Å². The van der Waals surface area contributed by atoms with Crippen LogP contribution < -0.4 is 5.73 Å². The van der Waals surface area contributed by atoms with Gasteiger partial charge in [0, 0.05) is 23.2 Å². The molecule has 3 nitrogen and oxygen atoms in total. The molecule has 0 saturated carbocycles. The summed E-state index contributed by atoms with van der Waals surface area (Å²) in [5, 5.41) is 5.08. The summed E-state index contributed by atoms with van der Waals surface area (Å²) in [5.41, 5.74) is 9.77. The maximum atomic E-state index is 5.88. The normalized spacial score (nSPS) is 12.9. The van der Waals surface area contributed by atoms with Crippen molar-refractivity contribution in [1.82, 2.24) is 9.97 Å². The molecule has 0 aliphatic rings. The van der Waals surface area contributed by atoms with Crippen molar-refractivity contribution < 1.29 is 0 Å². The van der Waals surface area contributed by atoms with E-state index in [1.165, 1.54) is 0 Å². The van der Waals surface area contributed by atoms with Crippen LogP contribution in [0.2, 0.25) is 0 Å². The molecule has 0 spiro atoms. The Morgan fingerprint density at radius 1 is 1.47 bits per heavy atom. The molecule has 2 aromatic rings. The number of rotatable bonds is 4. The van der Waals surface area contributed by atoms with Crippen LogP contribution in [-0.4, -0.2) is 16.0 Å². The smallest absolute Gasteiger partial charge is 0.142 e. The zero-order valence-corrected chi connectivity index (χ0v) is 10.1. The van der Waals surface area contributed by atoms with E-state index in [1.54, 1.807) is 22.7 Å². The minimum Gasteiger partial charge on any atom is -0.327 e. The molecule has 15 heavy (non-hydrogen) atoms. The fourth-order valence-electron chi connectivity index (χ4n) is 1.25. The van der Waals surface area contributed by atoms with E-state index in [0.29, 0.717) is 0 Å². The van der Waals surface area contributed by atoms with E-state index in [4.69, 9.17) is 5.73 Å². The van der Waals surface area contributed by atoms with E-state index in [2.05, 4.69) is 22.3 Å². The summed E-state index contributed by atoms with van der Waals surface area (Å²) in [6.45, 7) is 2.10. The first-order valence-corrected chi connectivity index (χ1v) is 6.70. The third-order valence-corrected chi connectivity index (χ3v) is 3.70. The topological polar surface area (TPSA) is 51.8 Å². The molecule has 1 atom stereocenters. The molecule has 0 radical (unpaired) electrons. The minimum atomic E-state index is 0.218. The van der Waals surface area contributed by atoms with Gasteiger partial charge in [0.25, 0.3) is 0 Å².